The van der Waals surface area contributed by atoms with Crippen molar-refractivity contribution in [1.29, 1.82) is 0 Å². The normalized spacial score (nSPS) is 13.2. The van der Waals surface area contributed by atoms with Crippen LogP contribution in [-0.4, -0.2) is 28.9 Å². The molecule has 96 valence electrons. The second-order valence-corrected chi connectivity index (χ2v) is 5.15. The van der Waals surface area contributed by atoms with E-state index in [-0.39, 0.29) is 0 Å². The summed E-state index contributed by atoms with van der Waals surface area (Å²) >= 11 is 0. The van der Waals surface area contributed by atoms with Gasteiger partial charge in [-0.15, -0.1) is 0 Å². The molecule has 5 nitrogen and oxygen atoms in total. The zero-order valence-corrected chi connectivity index (χ0v) is 11.1. The fourth-order valence-corrected chi connectivity index (χ4v) is 2.10. The van der Waals surface area contributed by atoms with Crippen molar-refractivity contribution >= 4 is 10.1 Å². The van der Waals surface area contributed by atoms with E-state index in [2.05, 4.69) is 0 Å². The number of hydrogen-bond donors (Lipinski definition) is 0. The molecular weight excluding hydrogens is 244 g/mol. The molecule has 0 radical (unpaired) electrons. The van der Waals surface area contributed by atoms with Crippen LogP contribution < -0.4 is 9.47 Å². The van der Waals surface area contributed by atoms with Crippen LogP contribution in [-0.2, 0) is 14.3 Å². The van der Waals surface area contributed by atoms with E-state index in [1.165, 1.54) is 7.11 Å². The predicted octanol–water partition coefficient (Wildman–Crippen LogP) is 1.74. The van der Waals surface area contributed by atoms with Gasteiger partial charge in [0.15, 0.2) is 0 Å². The monoisotopic (exact) mass is 260 g/mol. The second kappa shape index (κ2) is 5.37. The van der Waals surface area contributed by atoms with Gasteiger partial charge in [-0.3, -0.25) is 4.18 Å². The molecule has 0 saturated heterocycles. The highest BCUT2D eigenvalue weighted by Gasteiger charge is 2.17. The van der Waals surface area contributed by atoms with E-state index >= 15 is 0 Å². The fraction of sp³-hybridized carbons (Fsp3) is 0.455. The molecule has 0 amide bonds. The molecule has 1 unspecified atom stereocenters. The first-order valence-electron chi connectivity index (χ1n) is 4.97. The van der Waals surface area contributed by atoms with Crippen molar-refractivity contribution in [3.05, 3.63) is 23.8 Å². The molecule has 1 aromatic rings. The third kappa shape index (κ3) is 3.90. The third-order valence-corrected chi connectivity index (χ3v) is 2.84. The maximum Gasteiger partial charge on any atom is 0.264 e. The Balaban J connectivity index is 3.04. The van der Waals surface area contributed by atoms with E-state index in [4.69, 9.17) is 13.7 Å². The van der Waals surface area contributed by atoms with Crippen LogP contribution >= 0.6 is 0 Å². The zero-order chi connectivity index (χ0) is 13.1. The molecule has 0 bridgehead atoms. The molecular formula is C11H16O5S. The summed E-state index contributed by atoms with van der Waals surface area (Å²) in [5.74, 6) is 1.16. The zero-order valence-electron chi connectivity index (χ0n) is 10.3. The molecule has 1 aromatic carbocycles. The summed E-state index contributed by atoms with van der Waals surface area (Å²) in [5.41, 5.74) is 0.652. The van der Waals surface area contributed by atoms with E-state index in [1.807, 2.05) is 0 Å². The molecule has 0 saturated carbocycles. The van der Waals surface area contributed by atoms with Crippen molar-refractivity contribution in [2.45, 2.75) is 13.0 Å². The maximum absolute atomic E-state index is 11.0. The summed E-state index contributed by atoms with van der Waals surface area (Å²) < 4.78 is 37.2. The van der Waals surface area contributed by atoms with Crippen molar-refractivity contribution in [2.75, 3.05) is 20.5 Å². The van der Waals surface area contributed by atoms with Crippen LogP contribution in [0.25, 0.3) is 0 Å². The van der Waals surface area contributed by atoms with E-state index in [9.17, 15) is 8.42 Å². The summed E-state index contributed by atoms with van der Waals surface area (Å²) in [6, 6.07) is 5.12. The van der Waals surface area contributed by atoms with Crippen LogP contribution in [0.3, 0.4) is 0 Å². The van der Waals surface area contributed by atoms with E-state index in [1.54, 1.807) is 32.2 Å². The molecule has 0 heterocycles. The lowest BCUT2D eigenvalue weighted by atomic mass is 10.1. The SMILES string of the molecule is COc1ccc(C(C)OS(C)(=O)=O)c(OC)c1. The molecule has 6 heteroatoms. The number of methoxy groups -OCH3 is 2. The van der Waals surface area contributed by atoms with Crippen molar-refractivity contribution < 1.29 is 22.1 Å². The smallest absolute Gasteiger partial charge is 0.264 e. The lowest BCUT2D eigenvalue weighted by Gasteiger charge is -2.15. The van der Waals surface area contributed by atoms with Crippen molar-refractivity contribution in [3.63, 3.8) is 0 Å². The summed E-state index contributed by atoms with van der Waals surface area (Å²) in [7, 11) is -0.447. The molecule has 17 heavy (non-hydrogen) atoms. The minimum absolute atomic E-state index is 0.528. The molecule has 0 N–H and O–H groups in total. The minimum Gasteiger partial charge on any atom is -0.497 e. The Bertz CT molecular complexity index is 481. The van der Waals surface area contributed by atoms with E-state index in [0.29, 0.717) is 17.1 Å². The van der Waals surface area contributed by atoms with Gasteiger partial charge in [0, 0.05) is 11.6 Å². The third-order valence-electron chi connectivity index (χ3n) is 2.20. The Kier molecular flexibility index (Phi) is 4.36. The van der Waals surface area contributed by atoms with Crippen LogP contribution in [0.15, 0.2) is 18.2 Å². The Morgan fingerprint density at radius 3 is 2.29 bits per heavy atom. The van der Waals surface area contributed by atoms with Crippen molar-refractivity contribution in [2.24, 2.45) is 0 Å². The highest BCUT2D eigenvalue weighted by molar-refractivity contribution is 7.86. The molecule has 0 aliphatic heterocycles. The predicted molar refractivity (Wildman–Crippen MR) is 63.9 cm³/mol. The molecule has 0 spiro atoms. The van der Waals surface area contributed by atoms with Gasteiger partial charge in [-0.1, -0.05) is 0 Å². The molecule has 0 aromatic heterocycles. The standard InChI is InChI=1S/C11H16O5S/c1-8(16-17(4,12)13)10-6-5-9(14-2)7-11(10)15-3/h5-8H,1-4H3. The van der Waals surface area contributed by atoms with Crippen LogP contribution in [0.5, 0.6) is 11.5 Å². The summed E-state index contributed by atoms with van der Waals surface area (Å²) in [6.45, 7) is 1.64. The Hall–Kier alpha value is -1.27. The first-order valence-corrected chi connectivity index (χ1v) is 6.79. The quantitative estimate of drug-likeness (QED) is 0.755. The summed E-state index contributed by atoms with van der Waals surface area (Å²) in [4.78, 5) is 0. The van der Waals surface area contributed by atoms with Crippen molar-refractivity contribution in [1.82, 2.24) is 0 Å². The highest BCUT2D eigenvalue weighted by Crippen LogP contribution is 2.31. The largest absolute Gasteiger partial charge is 0.497 e. The average molecular weight is 260 g/mol. The topological polar surface area (TPSA) is 61.8 Å². The molecule has 0 aliphatic carbocycles. The van der Waals surface area contributed by atoms with Gasteiger partial charge in [-0.2, -0.15) is 8.42 Å². The van der Waals surface area contributed by atoms with Crippen LogP contribution in [0.4, 0.5) is 0 Å². The average Bonchev–Trinajstić information content (AvgIpc) is 2.25. The second-order valence-electron chi connectivity index (χ2n) is 3.55. The summed E-state index contributed by atoms with van der Waals surface area (Å²) in [5, 5.41) is 0. The van der Waals surface area contributed by atoms with Gasteiger partial charge in [0.25, 0.3) is 10.1 Å². The van der Waals surface area contributed by atoms with Gasteiger partial charge in [-0.25, -0.2) is 0 Å². The number of hydrogen-bond acceptors (Lipinski definition) is 5. The first-order chi connectivity index (χ1) is 7.87. The van der Waals surface area contributed by atoms with Gasteiger partial charge in [0.2, 0.25) is 0 Å². The lowest BCUT2D eigenvalue weighted by Crippen LogP contribution is -2.08. The van der Waals surface area contributed by atoms with Gasteiger partial charge >= 0.3 is 0 Å². The van der Waals surface area contributed by atoms with Gasteiger partial charge in [0.1, 0.15) is 17.6 Å². The molecule has 1 rings (SSSR count). The molecule has 0 fully saturated rings. The number of rotatable bonds is 5. The van der Waals surface area contributed by atoms with E-state index in [0.717, 1.165) is 6.26 Å². The Labute approximate surface area is 101 Å². The van der Waals surface area contributed by atoms with Gasteiger partial charge in [-0.05, 0) is 19.1 Å². The number of benzene rings is 1. The van der Waals surface area contributed by atoms with Crippen LogP contribution in [0, 0.1) is 0 Å². The molecule has 0 aliphatic rings. The number of ether oxygens (including phenoxy) is 2. The lowest BCUT2D eigenvalue weighted by molar-refractivity contribution is 0.230. The Morgan fingerprint density at radius 1 is 1.18 bits per heavy atom. The first kappa shape index (κ1) is 13.8. The summed E-state index contributed by atoms with van der Waals surface area (Å²) in [6.07, 6.45) is 0.408. The van der Waals surface area contributed by atoms with Gasteiger partial charge in [0.05, 0.1) is 20.5 Å². The maximum atomic E-state index is 11.0. The Morgan fingerprint density at radius 2 is 1.82 bits per heavy atom. The van der Waals surface area contributed by atoms with Crippen LogP contribution in [0.2, 0.25) is 0 Å². The van der Waals surface area contributed by atoms with E-state index < -0.39 is 16.2 Å². The fourth-order valence-electron chi connectivity index (χ4n) is 1.47. The minimum atomic E-state index is -3.50. The van der Waals surface area contributed by atoms with Crippen molar-refractivity contribution in [3.8, 4) is 11.5 Å². The van der Waals surface area contributed by atoms with Crippen LogP contribution in [0.1, 0.15) is 18.6 Å². The van der Waals surface area contributed by atoms with Gasteiger partial charge < -0.3 is 9.47 Å². The molecule has 1 atom stereocenters. The highest BCUT2D eigenvalue weighted by atomic mass is 32.2.